The van der Waals surface area contributed by atoms with E-state index in [1.165, 1.54) is 6.92 Å². The van der Waals surface area contributed by atoms with E-state index in [0.717, 1.165) is 0 Å². The highest BCUT2D eigenvalue weighted by Gasteiger charge is 2.38. The molecule has 0 atom stereocenters. The summed E-state index contributed by atoms with van der Waals surface area (Å²) in [5.41, 5.74) is -2.48. The highest BCUT2D eigenvalue weighted by Crippen LogP contribution is 2.35. The van der Waals surface area contributed by atoms with E-state index >= 15 is 0 Å². The SMILES string of the molecule is CCOC(=O)Cc1c(CCl)cc(C(F)(F)F)nc1OC(F)(F)F. The molecule has 0 aliphatic heterocycles. The molecule has 130 valence electrons. The Balaban J connectivity index is 3.41. The molecule has 1 aromatic rings. The monoisotopic (exact) mass is 365 g/mol. The quantitative estimate of drug-likeness (QED) is 0.452. The molecule has 0 aliphatic carbocycles. The van der Waals surface area contributed by atoms with E-state index in [4.69, 9.17) is 11.6 Å². The summed E-state index contributed by atoms with van der Waals surface area (Å²) in [4.78, 5) is 14.2. The van der Waals surface area contributed by atoms with Crippen molar-refractivity contribution >= 4 is 17.6 Å². The highest BCUT2D eigenvalue weighted by atomic mass is 35.5. The third-order valence-electron chi connectivity index (χ3n) is 2.45. The molecule has 0 aromatic carbocycles. The van der Waals surface area contributed by atoms with Crippen molar-refractivity contribution in [2.45, 2.75) is 31.8 Å². The van der Waals surface area contributed by atoms with Gasteiger partial charge in [0.2, 0.25) is 5.88 Å². The first kappa shape index (κ1) is 19.3. The molecule has 0 unspecified atom stereocenters. The number of hydrogen-bond acceptors (Lipinski definition) is 4. The number of nitrogens with zero attached hydrogens (tertiary/aromatic N) is 1. The number of ether oxygens (including phenoxy) is 2. The molecule has 1 rings (SSSR count). The van der Waals surface area contributed by atoms with Crippen LogP contribution in [0.1, 0.15) is 23.7 Å². The minimum atomic E-state index is -5.29. The standard InChI is InChI=1S/C12H10ClF6NO3/c1-2-22-9(21)4-7-6(5-13)3-8(11(14,15)16)20-10(7)23-12(17,18)19/h3H,2,4-5H2,1H3. The average Bonchev–Trinajstić information content (AvgIpc) is 2.37. The van der Waals surface area contributed by atoms with Crippen LogP contribution in [0.3, 0.4) is 0 Å². The van der Waals surface area contributed by atoms with Gasteiger partial charge in [-0.15, -0.1) is 24.8 Å². The molecule has 0 radical (unpaired) electrons. The van der Waals surface area contributed by atoms with E-state index in [0.29, 0.717) is 6.07 Å². The maximum atomic E-state index is 12.7. The maximum absolute atomic E-state index is 12.7. The van der Waals surface area contributed by atoms with Crippen LogP contribution in [0, 0.1) is 0 Å². The van der Waals surface area contributed by atoms with Crippen molar-refractivity contribution in [3.05, 3.63) is 22.9 Å². The molecule has 0 aliphatic rings. The molecule has 0 bridgehead atoms. The van der Waals surface area contributed by atoms with E-state index in [2.05, 4.69) is 14.5 Å². The number of rotatable bonds is 5. The number of aromatic nitrogens is 1. The van der Waals surface area contributed by atoms with Crippen molar-refractivity contribution in [1.29, 1.82) is 0 Å². The van der Waals surface area contributed by atoms with Gasteiger partial charge in [-0.2, -0.15) is 13.2 Å². The van der Waals surface area contributed by atoms with E-state index in [1.807, 2.05) is 0 Å². The third-order valence-corrected chi connectivity index (χ3v) is 2.74. The van der Waals surface area contributed by atoms with Crippen LogP contribution < -0.4 is 4.74 Å². The predicted molar refractivity (Wildman–Crippen MR) is 65.8 cm³/mol. The van der Waals surface area contributed by atoms with E-state index in [1.54, 1.807) is 0 Å². The minimum absolute atomic E-state index is 0.0570. The molecule has 0 saturated heterocycles. The molecule has 0 spiro atoms. The molecule has 0 saturated carbocycles. The number of carbonyl (C=O) groups excluding carboxylic acids is 1. The zero-order valence-electron chi connectivity index (χ0n) is 11.5. The lowest BCUT2D eigenvalue weighted by Gasteiger charge is -2.17. The predicted octanol–water partition coefficient (Wildman–Crippen LogP) is 3.84. The van der Waals surface area contributed by atoms with E-state index in [9.17, 15) is 31.1 Å². The Morgan fingerprint density at radius 3 is 2.30 bits per heavy atom. The summed E-state index contributed by atoms with van der Waals surface area (Å²) in [6.07, 6.45) is -11.1. The summed E-state index contributed by atoms with van der Waals surface area (Å²) in [7, 11) is 0. The molecule has 0 N–H and O–H groups in total. The van der Waals surface area contributed by atoms with Crippen LogP contribution in [0.25, 0.3) is 0 Å². The number of carbonyl (C=O) groups is 1. The summed E-state index contributed by atoms with van der Waals surface area (Å²) in [6.45, 7) is 1.40. The van der Waals surface area contributed by atoms with Gasteiger partial charge in [-0.3, -0.25) is 4.79 Å². The van der Waals surface area contributed by atoms with Gasteiger partial charge >= 0.3 is 18.5 Å². The van der Waals surface area contributed by atoms with Gasteiger partial charge in [0.25, 0.3) is 0 Å². The van der Waals surface area contributed by atoms with Gasteiger partial charge in [0, 0.05) is 11.4 Å². The molecule has 1 aromatic heterocycles. The van der Waals surface area contributed by atoms with E-state index in [-0.39, 0.29) is 12.2 Å². The normalized spacial score (nSPS) is 12.2. The Morgan fingerprint density at radius 2 is 1.87 bits per heavy atom. The first-order valence-corrected chi connectivity index (χ1v) is 6.58. The Hall–Kier alpha value is -1.71. The molecule has 4 nitrogen and oxygen atoms in total. The fraction of sp³-hybridized carbons (Fsp3) is 0.500. The van der Waals surface area contributed by atoms with Gasteiger partial charge in [0.1, 0.15) is 5.69 Å². The molecular weight excluding hydrogens is 356 g/mol. The van der Waals surface area contributed by atoms with Gasteiger partial charge in [0.05, 0.1) is 13.0 Å². The van der Waals surface area contributed by atoms with Gasteiger partial charge in [-0.25, -0.2) is 4.98 Å². The molecule has 0 amide bonds. The molecule has 0 fully saturated rings. The van der Waals surface area contributed by atoms with Gasteiger partial charge in [-0.05, 0) is 18.6 Å². The zero-order chi connectivity index (χ0) is 17.8. The van der Waals surface area contributed by atoms with Crippen molar-refractivity contribution in [2.75, 3.05) is 6.61 Å². The third kappa shape index (κ3) is 5.77. The van der Waals surface area contributed by atoms with Crippen LogP contribution in [-0.2, 0) is 28.0 Å². The number of esters is 1. The van der Waals surface area contributed by atoms with Crippen LogP contribution in [0.15, 0.2) is 6.07 Å². The van der Waals surface area contributed by atoms with Crippen molar-refractivity contribution in [2.24, 2.45) is 0 Å². The Bertz CT molecular complexity index is 573. The largest absolute Gasteiger partial charge is 0.574 e. The first-order chi connectivity index (χ1) is 10.5. The fourth-order valence-electron chi connectivity index (χ4n) is 1.60. The van der Waals surface area contributed by atoms with Crippen LogP contribution in [0.4, 0.5) is 26.3 Å². The van der Waals surface area contributed by atoms with Crippen molar-refractivity contribution < 1.29 is 40.6 Å². The summed E-state index contributed by atoms with van der Waals surface area (Å²) in [6, 6.07) is 0.463. The highest BCUT2D eigenvalue weighted by molar-refractivity contribution is 6.17. The summed E-state index contributed by atoms with van der Waals surface area (Å²) < 4.78 is 83.3. The van der Waals surface area contributed by atoms with Gasteiger partial charge in [0.15, 0.2) is 0 Å². The Labute approximate surface area is 131 Å². The summed E-state index contributed by atoms with van der Waals surface area (Å²) in [5, 5.41) is 0. The average molecular weight is 366 g/mol. The molecular formula is C12H10ClF6NO3. The summed E-state index contributed by atoms with van der Waals surface area (Å²) in [5.74, 6) is -2.90. The van der Waals surface area contributed by atoms with Crippen LogP contribution >= 0.6 is 11.6 Å². The molecule has 23 heavy (non-hydrogen) atoms. The molecule has 1 heterocycles. The zero-order valence-corrected chi connectivity index (χ0v) is 12.3. The smallest absolute Gasteiger partial charge is 0.466 e. The topological polar surface area (TPSA) is 48.4 Å². The number of alkyl halides is 7. The second-order valence-electron chi connectivity index (χ2n) is 4.11. The van der Waals surface area contributed by atoms with Crippen molar-refractivity contribution in [1.82, 2.24) is 4.98 Å². The first-order valence-electron chi connectivity index (χ1n) is 6.05. The lowest BCUT2D eigenvalue weighted by molar-refractivity contribution is -0.276. The second-order valence-corrected chi connectivity index (χ2v) is 4.38. The lowest BCUT2D eigenvalue weighted by Crippen LogP contribution is -2.22. The van der Waals surface area contributed by atoms with Gasteiger partial charge < -0.3 is 9.47 Å². The second kappa shape index (κ2) is 7.24. The van der Waals surface area contributed by atoms with Crippen molar-refractivity contribution in [3.63, 3.8) is 0 Å². The maximum Gasteiger partial charge on any atom is 0.574 e. The fourth-order valence-corrected chi connectivity index (χ4v) is 1.84. The minimum Gasteiger partial charge on any atom is -0.466 e. The lowest BCUT2D eigenvalue weighted by atomic mass is 10.1. The number of halogens is 7. The van der Waals surface area contributed by atoms with Crippen molar-refractivity contribution in [3.8, 4) is 5.88 Å². The number of hydrogen-bond donors (Lipinski definition) is 0. The van der Waals surface area contributed by atoms with Gasteiger partial charge in [-0.1, -0.05) is 0 Å². The Morgan fingerprint density at radius 1 is 1.26 bits per heavy atom. The number of pyridine rings is 1. The van der Waals surface area contributed by atoms with Crippen LogP contribution in [0.2, 0.25) is 0 Å². The van der Waals surface area contributed by atoms with E-state index < -0.39 is 47.9 Å². The Kier molecular flexibility index (Phi) is 6.09. The summed E-state index contributed by atoms with van der Waals surface area (Å²) >= 11 is 5.47. The van der Waals surface area contributed by atoms with Crippen LogP contribution in [0.5, 0.6) is 5.88 Å². The molecule has 11 heteroatoms. The van der Waals surface area contributed by atoms with Crippen LogP contribution in [-0.4, -0.2) is 23.9 Å².